The van der Waals surface area contributed by atoms with Gasteiger partial charge >= 0.3 is 0 Å². The lowest BCUT2D eigenvalue weighted by atomic mass is 10.3. The summed E-state index contributed by atoms with van der Waals surface area (Å²) in [6.45, 7) is 4.34. The molecule has 0 N–H and O–H groups in total. The van der Waals surface area contributed by atoms with Gasteiger partial charge in [-0.15, -0.1) is 0 Å². The van der Waals surface area contributed by atoms with E-state index in [-0.39, 0.29) is 23.4 Å². The maximum absolute atomic E-state index is 10.7. The molecule has 1 aliphatic heterocycles. The number of nitro groups is 1. The Balaban J connectivity index is 1.97. The van der Waals surface area contributed by atoms with Gasteiger partial charge in [-0.1, -0.05) is 11.6 Å². The first-order valence-corrected chi connectivity index (χ1v) is 6.14. The second kappa shape index (κ2) is 5.32. The number of hydrogen-bond donors (Lipinski definition) is 0. The van der Waals surface area contributed by atoms with E-state index in [4.69, 9.17) is 25.8 Å². The van der Waals surface area contributed by atoms with E-state index >= 15 is 0 Å². The summed E-state index contributed by atoms with van der Waals surface area (Å²) >= 11 is 5.71. The highest BCUT2D eigenvalue weighted by Gasteiger charge is 2.33. The standard InChI is InChI=1S/C12H14ClNO5/c1-12(2)18-7-9(19-12)6-17-8-3-4-10(13)11(5-8)14(15)16/h3-5,9H,6-7H2,1-2H3. The number of nitrogens with zero attached hydrogens (tertiary/aromatic N) is 1. The van der Waals surface area contributed by atoms with Gasteiger partial charge in [0.1, 0.15) is 23.5 Å². The maximum Gasteiger partial charge on any atom is 0.291 e. The van der Waals surface area contributed by atoms with E-state index in [1.807, 2.05) is 13.8 Å². The number of ether oxygens (including phenoxy) is 3. The van der Waals surface area contributed by atoms with Crippen molar-refractivity contribution in [3.05, 3.63) is 33.3 Å². The van der Waals surface area contributed by atoms with E-state index in [0.29, 0.717) is 12.4 Å². The largest absolute Gasteiger partial charge is 0.491 e. The lowest BCUT2D eigenvalue weighted by molar-refractivity contribution is -0.384. The van der Waals surface area contributed by atoms with Crippen molar-refractivity contribution in [2.45, 2.75) is 25.7 Å². The summed E-state index contributed by atoms with van der Waals surface area (Å²) in [7, 11) is 0. The zero-order valence-electron chi connectivity index (χ0n) is 10.6. The van der Waals surface area contributed by atoms with E-state index in [2.05, 4.69) is 0 Å². The van der Waals surface area contributed by atoms with Crippen molar-refractivity contribution in [2.24, 2.45) is 0 Å². The molecule has 104 valence electrons. The summed E-state index contributed by atoms with van der Waals surface area (Å²) in [6.07, 6.45) is -0.190. The first-order valence-electron chi connectivity index (χ1n) is 5.76. The number of benzene rings is 1. The fourth-order valence-corrected chi connectivity index (χ4v) is 1.94. The molecule has 1 heterocycles. The van der Waals surface area contributed by atoms with Crippen LogP contribution in [0.5, 0.6) is 5.75 Å². The third-order valence-electron chi connectivity index (χ3n) is 2.62. The molecule has 0 aromatic heterocycles. The molecule has 0 aliphatic carbocycles. The van der Waals surface area contributed by atoms with Crippen molar-refractivity contribution < 1.29 is 19.1 Å². The number of hydrogen-bond acceptors (Lipinski definition) is 5. The summed E-state index contributed by atoms with van der Waals surface area (Å²) in [5, 5.41) is 10.8. The Bertz CT molecular complexity index is 491. The van der Waals surface area contributed by atoms with Crippen molar-refractivity contribution in [1.29, 1.82) is 0 Å². The molecule has 2 rings (SSSR count). The molecule has 0 bridgehead atoms. The topological polar surface area (TPSA) is 70.8 Å². The lowest BCUT2D eigenvalue weighted by Gasteiger charge is -2.17. The van der Waals surface area contributed by atoms with Gasteiger partial charge in [0.2, 0.25) is 0 Å². The summed E-state index contributed by atoms with van der Waals surface area (Å²) in [5.41, 5.74) is -0.178. The Morgan fingerprint density at radius 1 is 1.58 bits per heavy atom. The molecule has 19 heavy (non-hydrogen) atoms. The number of rotatable bonds is 4. The second-order valence-corrected chi connectivity index (χ2v) is 5.04. The van der Waals surface area contributed by atoms with E-state index in [1.165, 1.54) is 12.1 Å². The summed E-state index contributed by atoms with van der Waals surface area (Å²) < 4.78 is 16.4. The molecular formula is C12H14ClNO5. The predicted octanol–water partition coefficient (Wildman–Crippen LogP) is 2.78. The Morgan fingerprint density at radius 2 is 2.32 bits per heavy atom. The molecule has 0 radical (unpaired) electrons. The molecule has 0 saturated carbocycles. The number of nitro benzene ring substituents is 1. The van der Waals surface area contributed by atoms with Gasteiger partial charge in [0.05, 0.1) is 17.6 Å². The molecule has 7 heteroatoms. The van der Waals surface area contributed by atoms with Crippen molar-refractivity contribution in [1.82, 2.24) is 0 Å². The van der Waals surface area contributed by atoms with Gasteiger partial charge in [0, 0.05) is 0 Å². The van der Waals surface area contributed by atoms with Crippen LogP contribution in [0.1, 0.15) is 13.8 Å². The molecule has 1 aromatic carbocycles. The van der Waals surface area contributed by atoms with Gasteiger partial charge in [0.25, 0.3) is 5.69 Å². The van der Waals surface area contributed by atoms with Crippen molar-refractivity contribution in [3.8, 4) is 5.75 Å². The Hall–Kier alpha value is -1.37. The Morgan fingerprint density at radius 3 is 2.89 bits per heavy atom. The molecule has 1 fully saturated rings. The Labute approximate surface area is 115 Å². The van der Waals surface area contributed by atoms with Gasteiger partial charge in [0.15, 0.2) is 5.79 Å². The minimum Gasteiger partial charge on any atom is -0.491 e. The van der Waals surface area contributed by atoms with Crippen molar-refractivity contribution in [2.75, 3.05) is 13.2 Å². The van der Waals surface area contributed by atoms with Gasteiger partial charge in [-0.25, -0.2) is 0 Å². The van der Waals surface area contributed by atoms with Crippen LogP contribution in [0.3, 0.4) is 0 Å². The Kier molecular flexibility index (Phi) is 3.93. The van der Waals surface area contributed by atoms with Crippen LogP contribution in [0.4, 0.5) is 5.69 Å². The zero-order valence-corrected chi connectivity index (χ0v) is 11.3. The van der Waals surface area contributed by atoms with E-state index < -0.39 is 10.7 Å². The van der Waals surface area contributed by atoms with Crippen LogP contribution in [-0.2, 0) is 9.47 Å². The lowest BCUT2D eigenvalue weighted by Crippen LogP contribution is -2.25. The van der Waals surface area contributed by atoms with Crippen LogP contribution in [-0.4, -0.2) is 30.0 Å². The van der Waals surface area contributed by atoms with Crippen molar-refractivity contribution >= 4 is 17.3 Å². The van der Waals surface area contributed by atoms with Gasteiger partial charge in [-0.3, -0.25) is 10.1 Å². The quantitative estimate of drug-likeness (QED) is 0.629. The van der Waals surface area contributed by atoms with Gasteiger partial charge in [-0.05, 0) is 26.0 Å². The molecule has 1 aliphatic rings. The highest BCUT2D eigenvalue weighted by atomic mass is 35.5. The molecule has 1 atom stereocenters. The monoisotopic (exact) mass is 287 g/mol. The number of halogens is 1. The zero-order chi connectivity index (χ0) is 14.0. The van der Waals surface area contributed by atoms with E-state index in [9.17, 15) is 10.1 Å². The van der Waals surface area contributed by atoms with E-state index in [1.54, 1.807) is 6.07 Å². The highest BCUT2D eigenvalue weighted by molar-refractivity contribution is 6.32. The molecule has 1 saturated heterocycles. The van der Waals surface area contributed by atoms with Crippen LogP contribution in [0.2, 0.25) is 5.02 Å². The summed E-state index contributed by atoms with van der Waals surface area (Å²) in [4.78, 5) is 10.2. The second-order valence-electron chi connectivity index (χ2n) is 4.63. The van der Waals surface area contributed by atoms with Gasteiger partial charge < -0.3 is 14.2 Å². The minimum atomic E-state index is -0.611. The normalized spacial score (nSPS) is 21.3. The molecule has 0 spiro atoms. The first-order chi connectivity index (χ1) is 8.87. The third kappa shape index (κ3) is 3.56. The molecule has 6 nitrogen and oxygen atoms in total. The average Bonchev–Trinajstić information content (AvgIpc) is 2.67. The SMILES string of the molecule is CC1(C)OCC(COc2ccc(Cl)c([N+](=O)[O-])c2)O1. The minimum absolute atomic E-state index is 0.0823. The maximum atomic E-state index is 10.7. The van der Waals surface area contributed by atoms with Crippen LogP contribution in [0.15, 0.2) is 18.2 Å². The van der Waals surface area contributed by atoms with Crippen LogP contribution in [0.25, 0.3) is 0 Å². The third-order valence-corrected chi connectivity index (χ3v) is 2.94. The fraction of sp³-hybridized carbons (Fsp3) is 0.500. The highest BCUT2D eigenvalue weighted by Crippen LogP contribution is 2.29. The first kappa shape index (κ1) is 14.0. The van der Waals surface area contributed by atoms with Crippen molar-refractivity contribution in [3.63, 3.8) is 0 Å². The van der Waals surface area contributed by atoms with Gasteiger partial charge in [-0.2, -0.15) is 0 Å². The summed E-state index contributed by atoms with van der Waals surface area (Å²) in [5.74, 6) is -0.232. The summed E-state index contributed by atoms with van der Waals surface area (Å²) in [6, 6.07) is 4.31. The van der Waals surface area contributed by atoms with E-state index in [0.717, 1.165) is 0 Å². The molecule has 1 unspecified atom stereocenters. The average molecular weight is 288 g/mol. The van der Waals surface area contributed by atoms with Crippen LogP contribution >= 0.6 is 11.6 Å². The van der Waals surface area contributed by atoms with Crippen LogP contribution < -0.4 is 4.74 Å². The molecule has 1 aromatic rings. The molecule has 0 amide bonds. The fourth-order valence-electron chi connectivity index (χ4n) is 1.76. The molecular weight excluding hydrogens is 274 g/mol. The van der Waals surface area contributed by atoms with Crippen LogP contribution in [0, 0.1) is 10.1 Å². The smallest absolute Gasteiger partial charge is 0.291 e. The predicted molar refractivity (Wildman–Crippen MR) is 68.5 cm³/mol.